The van der Waals surface area contributed by atoms with Gasteiger partial charge in [-0.05, 0) is 12.1 Å². The molecule has 0 fully saturated rings. The molecule has 0 unspecified atom stereocenters. The van der Waals surface area contributed by atoms with Crippen LogP contribution in [0, 0.1) is 0 Å². The Balaban J connectivity index is 2.45. The van der Waals surface area contributed by atoms with E-state index in [1.807, 2.05) is 0 Å². The van der Waals surface area contributed by atoms with Crippen molar-refractivity contribution < 1.29 is 19.4 Å². The summed E-state index contributed by atoms with van der Waals surface area (Å²) in [5.41, 5.74) is 0. The van der Waals surface area contributed by atoms with Crippen molar-refractivity contribution >= 4 is 17.7 Å². The van der Waals surface area contributed by atoms with Crippen LogP contribution in [0.4, 0.5) is 5.82 Å². The lowest BCUT2D eigenvalue weighted by Gasteiger charge is -2.15. The maximum Gasteiger partial charge on any atom is 0.329 e. The predicted molar refractivity (Wildman–Crippen MR) is 56.1 cm³/mol. The molecule has 6 heteroatoms. The minimum atomic E-state index is -1.10. The molecular formula is C10H12N2O4. The van der Waals surface area contributed by atoms with E-state index in [0.717, 1.165) is 0 Å². The SMILES string of the molecule is CN(C(=O)COCC(=O)O)c1ccccn1. The average molecular weight is 224 g/mol. The molecule has 0 saturated carbocycles. The Hall–Kier alpha value is -1.95. The lowest BCUT2D eigenvalue weighted by Crippen LogP contribution is -2.31. The van der Waals surface area contributed by atoms with Crippen molar-refractivity contribution in [3.05, 3.63) is 24.4 Å². The molecule has 0 aliphatic rings. The number of hydrogen-bond acceptors (Lipinski definition) is 4. The van der Waals surface area contributed by atoms with Gasteiger partial charge in [-0.3, -0.25) is 9.69 Å². The summed E-state index contributed by atoms with van der Waals surface area (Å²) in [6.07, 6.45) is 1.57. The van der Waals surface area contributed by atoms with Gasteiger partial charge < -0.3 is 9.84 Å². The Kier molecular flexibility index (Phi) is 4.41. The molecule has 0 aliphatic carbocycles. The zero-order chi connectivity index (χ0) is 12.0. The number of rotatable bonds is 5. The highest BCUT2D eigenvalue weighted by Crippen LogP contribution is 2.06. The quantitative estimate of drug-likeness (QED) is 0.769. The first-order valence-electron chi connectivity index (χ1n) is 4.58. The van der Waals surface area contributed by atoms with Crippen molar-refractivity contribution in [1.29, 1.82) is 0 Å². The third kappa shape index (κ3) is 3.66. The van der Waals surface area contributed by atoms with E-state index in [-0.39, 0.29) is 12.5 Å². The minimum absolute atomic E-state index is 0.278. The van der Waals surface area contributed by atoms with E-state index in [9.17, 15) is 9.59 Å². The summed E-state index contributed by atoms with van der Waals surface area (Å²) < 4.78 is 4.68. The molecule has 16 heavy (non-hydrogen) atoms. The van der Waals surface area contributed by atoms with Crippen LogP contribution in [-0.2, 0) is 14.3 Å². The topological polar surface area (TPSA) is 79.7 Å². The van der Waals surface area contributed by atoms with Crippen LogP contribution >= 0.6 is 0 Å². The molecule has 0 aromatic carbocycles. The summed E-state index contributed by atoms with van der Waals surface area (Å²) in [6.45, 7) is -0.763. The Bertz CT molecular complexity index is 366. The van der Waals surface area contributed by atoms with Crippen LogP contribution in [0.25, 0.3) is 0 Å². The zero-order valence-corrected chi connectivity index (χ0v) is 8.79. The highest BCUT2D eigenvalue weighted by molar-refractivity contribution is 5.92. The summed E-state index contributed by atoms with van der Waals surface area (Å²) in [5.74, 6) is -0.959. The van der Waals surface area contributed by atoms with Crippen LogP contribution in [0.2, 0.25) is 0 Å². The molecule has 0 aliphatic heterocycles. The fourth-order valence-electron chi connectivity index (χ4n) is 1.00. The molecule has 1 N–H and O–H groups in total. The standard InChI is InChI=1S/C10H12N2O4/c1-12(8-4-2-3-5-11-8)9(13)6-16-7-10(14)15/h2-5H,6-7H2,1H3,(H,14,15). The van der Waals surface area contributed by atoms with Crippen LogP contribution in [0.15, 0.2) is 24.4 Å². The second kappa shape index (κ2) is 5.82. The number of amides is 1. The number of carboxylic acids is 1. The van der Waals surface area contributed by atoms with E-state index < -0.39 is 12.6 Å². The second-order valence-electron chi connectivity index (χ2n) is 3.03. The summed E-state index contributed by atoms with van der Waals surface area (Å²) in [5, 5.41) is 8.32. The maximum absolute atomic E-state index is 11.5. The van der Waals surface area contributed by atoms with Crippen molar-refractivity contribution in [2.75, 3.05) is 25.2 Å². The lowest BCUT2D eigenvalue weighted by atomic mass is 10.4. The molecule has 1 heterocycles. The Morgan fingerprint density at radius 2 is 2.19 bits per heavy atom. The lowest BCUT2D eigenvalue weighted by molar-refractivity contribution is -0.143. The number of aromatic nitrogens is 1. The summed E-state index contributed by atoms with van der Waals surface area (Å²) in [6, 6.07) is 5.17. The van der Waals surface area contributed by atoms with E-state index in [2.05, 4.69) is 9.72 Å². The van der Waals surface area contributed by atoms with Gasteiger partial charge in [0, 0.05) is 13.2 Å². The van der Waals surface area contributed by atoms with Crippen LogP contribution < -0.4 is 4.90 Å². The van der Waals surface area contributed by atoms with Gasteiger partial charge in [0.1, 0.15) is 19.0 Å². The largest absolute Gasteiger partial charge is 0.480 e. The molecule has 0 bridgehead atoms. The van der Waals surface area contributed by atoms with Crippen molar-refractivity contribution in [2.24, 2.45) is 0 Å². The normalized spacial score (nSPS) is 9.81. The van der Waals surface area contributed by atoms with Gasteiger partial charge in [-0.1, -0.05) is 6.07 Å². The molecule has 0 spiro atoms. The molecule has 86 valence electrons. The fourth-order valence-corrected chi connectivity index (χ4v) is 1.00. The first kappa shape index (κ1) is 12.1. The van der Waals surface area contributed by atoms with Gasteiger partial charge in [0.15, 0.2) is 0 Å². The van der Waals surface area contributed by atoms with E-state index in [0.29, 0.717) is 5.82 Å². The molecule has 1 rings (SSSR count). The Morgan fingerprint density at radius 1 is 1.44 bits per heavy atom. The van der Waals surface area contributed by atoms with Crippen molar-refractivity contribution in [3.8, 4) is 0 Å². The number of likely N-dealkylation sites (N-methyl/N-ethyl adjacent to an activating group) is 1. The van der Waals surface area contributed by atoms with E-state index in [1.165, 1.54) is 4.90 Å². The highest BCUT2D eigenvalue weighted by Gasteiger charge is 2.12. The van der Waals surface area contributed by atoms with E-state index >= 15 is 0 Å². The fraction of sp³-hybridized carbons (Fsp3) is 0.300. The first-order valence-corrected chi connectivity index (χ1v) is 4.58. The number of carbonyl (C=O) groups is 2. The van der Waals surface area contributed by atoms with E-state index in [4.69, 9.17) is 5.11 Å². The number of carbonyl (C=O) groups excluding carboxylic acids is 1. The van der Waals surface area contributed by atoms with Gasteiger partial charge in [-0.2, -0.15) is 0 Å². The van der Waals surface area contributed by atoms with Crippen molar-refractivity contribution in [1.82, 2.24) is 4.98 Å². The number of carboxylic acid groups (broad SMARTS) is 1. The third-order valence-corrected chi connectivity index (χ3v) is 1.82. The number of ether oxygens (including phenoxy) is 1. The molecule has 6 nitrogen and oxygen atoms in total. The highest BCUT2D eigenvalue weighted by atomic mass is 16.5. The predicted octanol–water partition coefficient (Wildman–Crippen LogP) is 0.146. The number of aliphatic carboxylic acids is 1. The first-order chi connectivity index (χ1) is 7.61. The second-order valence-corrected chi connectivity index (χ2v) is 3.03. The van der Waals surface area contributed by atoms with Crippen molar-refractivity contribution in [3.63, 3.8) is 0 Å². The number of pyridine rings is 1. The van der Waals surface area contributed by atoms with Gasteiger partial charge >= 0.3 is 5.97 Å². The molecule has 1 amide bonds. The third-order valence-electron chi connectivity index (χ3n) is 1.82. The Labute approximate surface area is 92.5 Å². The minimum Gasteiger partial charge on any atom is -0.480 e. The number of hydrogen-bond donors (Lipinski definition) is 1. The van der Waals surface area contributed by atoms with Crippen LogP contribution in [0.5, 0.6) is 0 Å². The summed E-state index contributed by atoms with van der Waals surface area (Å²) in [4.78, 5) is 26.9. The monoisotopic (exact) mass is 224 g/mol. The molecule has 0 radical (unpaired) electrons. The average Bonchev–Trinajstić information content (AvgIpc) is 2.28. The molecule has 0 saturated heterocycles. The van der Waals surface area contributed by atoms with E-state index in [1.54, 1.807) is 31.4 Å². The number of anilines is 1. The summed E-state index contributed by atoms with van der Waals surface area (Å²) in [7, 11) is 1.55. The van der Waals surface area contributed by atoms with Gasteiger partial charge in [-0.25, -0.2) is 9.78 Å². The zero-order valence-electron chi connectivity index (χ0n) is 8.79. The molecular weight excluding hydrogens is 212 g/mol. The maximum atomic E-state index is 11.5. The molecule has 1 aromatic rings. The van der Waals surface area contributed by atoms with Crippen molar-refractivity contribution in [2.45, 2.75) is 0 Å². The van der Waals surface area contributed by atoms with Gasteiger partial charge in [0.2, 0.25) is 0 Å². The Morgan fingerprint density at radius 3 is 2.75 bits per heavy atom. The van der Waals surface area contributed by atoms with Gasteiger partial charge in [0.25, 0.3) is 5.91 Å². The van der Waals surface area contributed by atoms with Gasteiger partial charge in [-0.15, -0.1) is 0 Å². The summed E-state index contributed by atoms with van der Waals surface area (Å²) >= 11 is 0. The smallest absolute Gasteiger partial charge is 0.329 e. The molecule has 1 aromatic heterocycles. The van der Waals surface area contributed by atoms with Crippen LogP contribution in [-0.4, -0.2) is 42.2 Å². The molecule has 0 atom stereocenters. The van der Waals surface area contributed by atoms with Gasteiger partial charge in [0.05, 0.1) is 0 Å². The van der Waals surface area contributed by atoms with Crippen LogP contribution in [0.3, 0.4) is 0 Å². The van der Waals surface area contributed by atoms with Crippen LogP contribution in [0.1, 0.15) is 0 Å². The number of nitrogens with zero attached hydrogens (tertiary/aromatic N) is 2.